The summed E-state index contributed by atoms with van der Waals surface area (Å²) < 4.78 is 8.00. The molecule has 2 heterocycles. The molecule has 7 heteroatoms. The van der Waals surface area contributed by atoms with E-state index in [2.05, 4.69) is 25.9 Å². The van der Waals surface area contributed by atoms with Crippen molar-refractivity contribution in [2.45, 2.75) is 12.8 Å². The van der Waals surface area contributed by atoms with E-state index in [1.165, 1.54) is 0 Å². The second kappa shape index (κ2) is 4.82. The van der Waals surface area contributed by atoms with Crippen molar-refractivity contribution >= 4 is 38.7 Å². The molecule has 0 aliphatic heterocycles. The summed E-state index contributed by atoms with van der Waals surface area (Å²) in [6.45, 7) is 0. The van der Waals surface area contributed by atoms with E-state index in [1.54, 1.807) is 7.11 Å². The van der Waals surface area contributed by atoms with E-state index in [9.17, 15) is 4.79 Å². The molecule has 0 bridgehead atoms. The van der Waals surface area contributed by atoms with E-state index in [-0.39, 0.29) is 6.42 Å². The van der Waals surface area contributed by atoms with Crippen LogP contribution in [0.2, 0.25) is 0 Å². The number of nitrogens with one attached hydrogen (secondary N) is 1. The maximum Gasteiger partial charge on any atom is 0.303 e. The monoisotopic (exact) mass is 337 g/mol. The minimum absolute atomic E-state index is 0.0729. The predicted molar refractivity (Wildman–Crippen MR) is 77.3 cm³/mol. The summed E-state index contributed by atoms with van der Waals surface area (Å²) in [6, 6.07) is 5.69. The number of para-hydroxylation sites is 1. The third-order valence-corrected chi connectivity index (χ3v) is 4.00. The molecule has 104 valence electrons. The highest BCUT2D eigenvalue weighted by atomic mass is 79.9. The topological polar surface area (TPSA) is 79.6 Å². The minimum Gasteiger partial charge on any atom is -0.494 e. The Hall–Kier alpha value is -2.02. The Balaban J connectivity index is 2.16. The summed E-state index contributed by atoms with van der Waals surface area (Å²) in [5, 5.41) is 8.76. The van der Waals surface area contributed by atoms with Gasteiger partial charge in [-0.15, -0.1) is 0 Å². The van der Waals surface area contributed by atoms with Crippen LogP contribution >= 0.6 is 15.9 Å². The van der Waals surface area contributed by atoms with Gasteiger partial charge in [-0.05, 0) is 28.1 Å². The van der Waals surface area contributed by atoms with Gasteiger partial charge in [0.15, 0.2) is 0 Å². The minimum atomic E-state index is -0.823. The van der Waals surface area contributed by atoms with Crippen LogP contribution in [0.3, 0.4) is 0 Å². The van der Waals surface area contributed by atoms with Gasteiger partial charge in [0.2, 0.25) is 5.78 Å². The first kappa shape index (κ1) is 13.0. The molecule has 0 fully saturated rings. The normalized spacial score (nSPS) is 11.3. The van der Waals surface area contributed by atoms with Gasteiger partial charge in [-0.1, -0.05) is 6.07 Å². The van der Waals surface area contributed by atoms with Crippen molar-refractivity contribution < 1.29 is 14.6 Å². The first-order valence-electron chi connectivity index (χ1n) is 6.05. The van der Waals surface area contributed by atoms with Crippen molar-refractivity contribution in [1.82, 2.24) is 14.4 Å². The Morgan fingerprint density at radius 1 is 1.55 bits per heavy atom. The van der Waals surface area contributed by atoms with Crippen LogP contribution in [0.5, 0.6) is 5.75 Å². The molecule has 20 heavy (non-hydrogen) atoms. The number of hydrogen-bond acceptors (Lipinski definition) is 3. The molecule has 6 nitrogen and oxygen atoms in total. The lowest BCUT2D eigenvalue weighted by Gasteiger charge is -2.00. The first-order chi connectivity index (χ1) is 9.61. The largest absolute Gasteiger partial charge is 0.494 e. The first-order valence-corrected chi connectivity index (χ1v) is 6.84. The van der Waals surface area contributed by atoms with Gasteiger partial charge in [-0.25, -0.2) is 4.98 Å². The van der Waals surface area contributed by atoms with Crippen LogP contribution in [0.4, 0.5) is 0 Å². The zero-order valence-corrected chi connectivity index (χ0v) is 12.3. The van der Waals surface area contributed by atoms with Crippen LogP contribution in [0.15, 0.2) is 22.8 Å². The summed E-state index contributed by atoms with van der Waals surface area (Å²) in [4.78, 5) is 18.3. The van der Waals surface area contributed by atoms with Crippen LogP contribution in [0, 0.1) is 0 Å². The zero-order chi connectivity index (χ0) is 14.3. The molecule has 0 aliphatic carbocycles. The molecule has 0 spiro atoms. The van der Waals surface area contributed by atoms with Crippen molar-refractivity contribution in [3.8, 4) is 5.75 Å². The SMILES string of the molecule is COc1cccc2c1nc1[nH]c(CCC(=O)O)c(Br)n12. The second-order valence-corrected chi connectivity index (χ2v) is 5.14. The van der Waals surface area contributed by atoms with Crippen molar-refractivity contribution in [3.63, 3.8) is 0 Å². The molecule has 0 saturated heterocycles. The Bertz CT molecular complexity index is 806. The number of fused-ring (bicyclic) bond motifs is 3. The summed E-state index contributed by atoms with van der Waals surface area (Å²) in [5.74, 6) is 0.547. The number of aliphatic carboxylic acids is 1. The lowest BCUT2D eigenvalue weighted by Crippen LogP contribution is -1.98. The highest BCUT2D eigenvalue weighted by molar-refractivity contribution is 9.10. The third-order valence-electron chi connectivity index (χ3n) is 3.16. The highest BCUT2D eigenvalue weighted by Gasteiger charge is 2.16. The average molecular weight is 338 g/mol. The third kappa shape index (κ3) is 1.94. The quantitative estimate of drug-likeness (QED) is 0.766. The summed E-state index contributed by atoms with van der Waals surface area (Å²) in [5.41, 5.74) is 2.50. The van der Waals surface area contributed by atoms with Crippen LogP contribution in [0.1, 0.15) is 12.1 Å². The van der Waals surface area contributed by atoms with Gasteiger partial charge in [-0.3, -0.25) is 9.20 Å². The van der Waals surface area contributed by atoms with Gasteiger partial charge in [-0.2, -0.15) is 0 Å². The smallest absolute Gasteiger partial charge is 0.303 e. The van der Waals surface area contributed by atoms with Crippen molar-refractivity contribution in [2.24, 2.45) is 0 Å². The van der Waals surface area contributed by atoms with Crippen LogP contribution in [-0.2, 0) is 11.2 Å². The van der Waals surface area contributed by atoms with E-state index in [0.717, 1.165) is 21.3 Å². The molecule has 3 rings (SSSR count). The average Bonchev–Trinajstić information content (AvgIpc) is 2.93. The van der Waals surface area contributed by atoms with Gasteiger partial charge in [0.1, 0.15) is 15.9 Å². The molecule has 0 amide bonds. The molecule has 3 aromatic rings. The number of nitrogens with zero attached hydrogens (tertiary/aromatic N) is 2. The number of carboxylic acids is 1. The molecule has 0 unspecified atom stereocenters. The molecular formula is C13H12BrN3O3. The number of carboxylic acid groups (broad SMARTS) is 1. The van der Waals surface area contributed by atoms with Crippen LogP contribution in [-0.4, -0.2) is 32.6 Å². The number of carbonyl (C=O) groups is 1. The van der Waals surface area contributed by atoms with Gasteiger partial charge in [0.25, 0.3) is 0 Å². The molecule has 2 aromatic heterocycles. The standard InChI is InChI=1S/C13H12BrN3O3/c1-20-9-4-2-3-8-11(9)16-13-15-7(5-6-10(18)19)12(14)17(8)13/h2-4H,5-6H2,1H3,(H,15,16)(H,18,19). The van der Waals surface area contributed by atoms with E-state index in [1.807, 2.05) is 22.6 Å². The fraction of sp³-hybridized carbons (Fsp3) is 0.231. The van der Waals surface area contributed by atoms with Crippen molar-refractivity contribution in [1.29, 1.82) is 0 Å². The maximum atomic E-state index is 10.7. The van der Waals surface area contributed by atoms with Gasteiger partial charge in [0, 0.05) is 12.1 Å². The summed E-state index contributed by atoms with van der Waals surface area (Å²) >= 11 is 3.51. The number of hydrogen-bond donors (Lipinski definition) is 2. The molecule has 0 aliphatic rings. The molecule has 2 N–H and O–H groups in total. The number of aryl methyl sites for hydroxylation is 1. The number of imidazole rings is 2. The van der Waals surface area contributed by atoms with Gasteiger partial charge < -0.3 is 14.8 Å². The zero-order valence-electron chi connectivity index (χ0n) is 10.7. The number of rotatable bonds is 4. The number of benzene rings is 1. The summed E-state index contributed by atoms with van der Waals surface area (Å²) in [6.07, 6.45) is 0.494. The Morgan fingerprint density at radius 3 is 3.05 bits per heavy atom. The molecule has 0 atom stereocenters. The van der Waals surface area contributed by atoms with E-state index in [0.29, 0.717) is 17.9 Å². The number of ether oxygens (including phenoxy) is 1. The van der Waals surface area contributed by atoms with E-state index in [4.69, 9.17) is 9.84 Å². The van der Waals surface area contributed by atoms with Crippen molar-refractivity contribution in [2.75, 3.05) is 7.11 Å². The number of halogens is 1. The number of aromatic amines is 1. The number of H-pyrrole nitrogens is 1. The van der Waals surface area contributed by atoms with Crippen molar-refractivity contribution in [3.05, 3.63) is 28.5 Å². The Kier molecular flexibility index (Phi) is 3.13. The Morgan fingerprint density at radius 2 is 2.35 bits per heavy atom. The lowest BCUT2D eigenvalue weighted by atomic mass is 10.2. The maximum absolute atomic E-state index is 10.7. The van der Waals surface area contributed by atoms with Gasteiger partial charge in [0.05, 0.1) is 19.0 Å². The van der Waals surface area contributed by atoms with Crippen LogP contribution < -0.4 is 4.74 Å². The van der Waals surface area contributed by atoms with E-state index >= 15 is 0 Å². The van der Waals surface area contributed by atoms with Crippen LogP contribution in [0.25, 0.3) is 16.8 Å². The fourth-order valence-corrected chi connectivity index (χ4v) is 2.90. The summed E-state index contributed by atoms with van der Waals surface area (Å²) in [7, 11) is 1.61. The molecular weight excluding hydrogens is 326 g/mol. The molecule has 0 radical (unpaired) electrons. The van der Waals surface area contributed by atoms with Gasteiger partial charge >= 0.3 is 5.97 Å². The number of aromatic nitrogens is 3. The number of methoxy groups -OCH3 is 1. The van der Waals surface area contributed by atoms with E-state index < -0.39 is 5.97 Å². The highest BCUT2D eigenvalue weighted by Crippen LogP contribution is 2.30. The lowest BCUT2D eigenvalue weighted by molar-refractivity contribution is -0.136. The Labute approximate surface area is 122 Å². The molecule has 1 aromatic carbocycles. The fourth-order valence-electron chi connectivity index (χ4n) is 2.24. The molecule has 0 saturated carbocycles. The predicted octanol–water partition coefficient (Wildman–Crippen LogP) is 2.60. The second-order valence-electron chi connectivity index (χ2n) is 4.39.